The quantitative estimate of drug-likeness (QED) is 0.774. The van der Waals surface area contributed by atoms with E-state index in [2.05, 4.69) is 5.32 Å². The molecule has 0 radical (unpaired) electrons. The van der Waals surface area contributed by atoms with Crippen LogP contribution in [0.4, 0.5) is 0 Å². The van der Waals surface area contributed by atoms with Crippen molar-refractivity contribution in [1.82, 2.24) is 5.32 Å². The van der Waals surface area contributed by atoms with Crippen molar-refractivity contribution in [2.75, 3.05) is 11.5 Å². The van der Waals surface area contributed by atoms with Gasteiger partial charge in [-0.05, 0) is 32.4 Å². The van der Waals surface area contributed by atoms with E-state index in [9.17, 15) is 23.1 Å². The van der Waals surface area contributed by atoms with Gasteiger partial charge in [0.2, 0.25) is 0 Å². The third-order valence-corrected chi connectivity index (χ3v) is 5.37. The molecule has 0 spiro atoms. The first-order valence-corrected chi connectivity index (χ1v) is 9.01. The van der Waals surface area contributed by atoms with Crippen LogP contribution in [0.25, 0.3) is 0 Å². The lowest BCUT2D eigenvalue weighted by Gasteiger charge is -2.17. The highest BCUT2D eigenvalue weighted by Gasteiger charge is 2.31. The maximum atomic E-state index is 12.0. The smallest absolute Gasteiger partial charge is 0.342 e. The van der Waals surface area contributed by atoms with Crippen LogP contribution in [0.15, 0.2) is 18.2 Å². The van der Waals surface area contributed by atoms with E-state index < -0.39 is 33.9 Å². The highest BCUT2D eigenvalue weighted by atomic mass is 32.2. The average Bonchev–Trinajstić information content (AvgIpc) is 2.80. The van der Waals surface area contributed by atoms with Crippen molar-refractivity contribution >= 4 is 21.7 Å². The van der Waals surface area contributed by atoms with Gasteiger partial charge >= 0.3 is 5.97 Å². The second-order valence-corrected chi connectivity index (χ2v) is 7.91. The molecule has 0 saturated carbocycles. The lowest BCUT2D eigenvalue weighted by molar-refractivity contribution is -0.129. The largest absolute Gasteiger partial charge is 0.507 e. The van der Waals surface area contributed by atoms with Gasteiger partial charge in [-0.1, -0.05) is 11.6 Å². The Bertz CT molecular complexity index is 727. The summed E-state index contributed by atoms with van der Waals surface area (Å²) in [5.74, 6) is -1.66. The number of aromatic hydroxyl groups is 1. The minimum Gasteiger partial charge on any atom is -0.507 e. The molecule has 2 rings (SSSR count). The van der Waals surface area contributed by atoms with Crippen LogP contribution in [0.3, 0.4) is 0 Å². The number of carbonyl (C=O) groups is 2. The number of hydrogen-bond acceptors (Lipinski definition) is 6. The molecule has 1 saturated heterocycles. The molecule has 23 heavy (non-hydrogen) atoms. The third kappa shape index (κ3) is 4.44. The van der Waals surface area contributed by atoms with E-state index in [1.54, 1.807) is 13.0 Å². The van der Waals surface area contributed by atoms with Gasteiger partial charge < -0.3 is 15.2 Å². The monoisotopic (exact) mass is 341 g/mol. The molecule has 0 bridgehead atoms. The Morgan fingerprint density at radius 2 is 2.09 bits per heavy atom. The summed E-state index contributed by atoms with van der Waals surface area (Å²) in [6.45, 7) is 3.15. The summed E-state index contributed by atoms with van der Waals surface area (Å²) in [6, 6.07) is 4.02. The molecule has 1 fully saturated rings. The van der Waals surface area contributed by atoms with Gasteiger partial charge in [0.05, 0.1) is 11.5 Å². The maximum absolute atomic E-state index is 12.0. The lowest BCUT2D eigenvalue weighted by atomic mass is 10.1. The summed E-state index contributed by atoms with van der Waals surface area (Å²) in [6.07, 6.45) is -0.737. The number of hydrogen-bond donors (Lipinski definition) is 2. The fourth-order valence-electron chi connectivity index (χ4n) is 2.32. The van der Waals surface area contributed by atoms with Crippen LogP contribution in [0.5, 0.6) is 5.75 Å². The van der Waals surface area contributed by atoms with Crippen LogP contribution < -0.4 is 5.32 Å². The van der Waals surface area contributed by atoms with Crippen LogP contribution >= 0.6 is 0 Å². The molecular weight excluding hydrogens is 322 g/mol. The van der Waals surface area contributed by atoms with Gasteiger partial charge in [-0.25, -0.2) is 13.2 Å². The number of carbonyl (C=O) groups excluding carboxylic acids is 2. The number of esters is 1. The minimum atomic E-state index is -3.10. The standard InChI is InChI=1S/C15H19NO6S/c1-9-3-4-13(17)12(7-9)15(19)22-10(2)14(18)16-11-5-6-23(20,21)8-11/h3-4,7,10-11,17H,5-6,8H2,1-2H3,(H,16,18)/t10-,11+/m0/s1. The van der Waals surface area contributed by atoms with Crippen molar-refractivity contribution in [3.8, 4) is 5.75 Å². The van der Waals surface area contributed by atoms with E-state index in [1.807, 2.05) is 0 Å². The van der Waals surface area contributed by atoms with Crippen LogP contribution in [0.1, 0.15) is 29.3 Å². The van der Waals surface area contributed by atoms with Gasteiger partial charge in [0, 0.05) is 6.04 Å². The zero-order valence-corrected chi connectivity index (χ0v) is 13.7. The fraction of sp³-hybridized carbons (Fsp3) is 0.467. The van der Waals surface area contributed by atoms with Gasteiger partial charge in [0.1, 0.15) is 11.3 Å². The van der Waals surface area contributed by atoms with E-state index in [0.29, 0.717) is 6.42 Å². The Labute approximate surface area is 134 Å². The van der Waals surface area contributed by atoms with Gasteiger partial charge in [-0.15, -0.1) is 0 Å². The predicted molar refractivity (Wildman–Crippen MR) is 82.9 cm³/mol. The maximum Gasteiger partial charge on any atom is 0.342 e. The van der Waals surface area contributed by atoms with Crippen molar-refractivity contribution in [3.05, 3.63) is 29.3 Å². The number of phenolic OH excluding ortho intramolecular Hbond substituents is 1. The van der Waals surface area contributed by atoms with Crippen LogP contribution in [-0.4, -0.2) is 49.1 Å². The highest BCUT2D eigenvalue weighted by molar-refractivity contribution is 7.91. The number of benzene rings is 1. The van der Waals surface area contributed by atoms with Gasteiger partial charge in [-0.3, -0.25) is 4.79 Å². The number of aryl methyl sites for hydroxylation is 1. The topological polar surface area (TPSA) is 110 Å². The molecule has 1 aliphatic rings. The molecule has 0 unspecified atom stereocenters. The molecule has 0 aliphatic carbocycles. The van der Waals surface area contributed by atoms with E-state index in [4.69, 9.17) is 4.74 Å². The summed E-state index contributed by atoms with van der Waals surface area (Å²) < 4.78 is 27.8. The summed E-state index contributed by atoms with van der Waals surface area (Å²) in [5.41, 5.74) is 0.746. The van der Waals surface area contributed by atoms with E-state index >= 15 is 0 Å². The Kier molecular flexibility index (Phi) is 4.93. The van der Waals surface area contributed by atoms with Crippen LogP contribution in [0, 0.1) is 6.92 Å². The fourth-order valence-corrected chi connectivity index (χ4v) is 3.99. The average molecular weight is 341 g/mol. The van der Waals surface area contributed by atoms with E-state index in [0.717, 1.165) is 5.56 Å². The van der Waals surface area contributed by atoms with Gasteiger partial charge in [-0.2, -0.15) is 0 Å². The summed E-state index contributed by atoms with van der Waals surface area (Å²) in [5, 5.41) is 12.2. The molecule has 2 atom stereocenters. The first kappa shape index (κ1) is 17.3. The molecule has 1 aromatic rings. The van der Waals surface area contributed by atoms with Crippen molar-refractivity contribution < 1.29 is 27.9 Å². The van der Waals surface area contributed by atoms with Crippen molar-refractivity contribution in [3.63, 3.8) is 0 Å². The molecule has 1 aromatic carbocycles. The summed E-state index contributed by atoms with van der Waals surface area (Å²) in [4.78, 5) is 24.0. The Morgan fingerprint density at radius 3 is 2.70 bits per heavy atom. The molecule has 7 nitrogen and oxygen atoms in total. The number of nitrogens with one attached hydrogen (secondary N) is 1. The van der Waals surface area contributed by atoms with Crippen molar-refractivity contribution in [2.24, 2.45) is 0 Å². The molecule has 1 aliphatic heterocycles. The number of sulfone groups is 1. The molecule has 1 heterocycles. The second-order valence-electron chi connectivity index (χ2n) is 5.68. The minimum absolute atomic E-state index is 0.0203. The summed E-state index contributed by atoms with van der Waals surface area (Å²) >= 11 is 0. The number of amides is 1. The first-order valence-electron chi connectivity index (χ1n) is 7.19. The second kappa shape index (κ2) is 6.57. The predicted octanol–water partition coefficient (Wildman–Crippen LogP) is 0.549. The van der Waals surface area contributed by atoms with E-state index in [-0.39, 0.29) is 22.8 Å². The first-order chi connectivity index (χ1) is 10.7. The molecular formula is C15H19NO6S. The zero-order valence-electron chi connectivity index (χ0n) is 12.9. The molecule has 1 amide bonds. The third-order valence-electron chi connectivity index (χ3n) is 3.60. The molecule has 8 heteroatoms. The number of phenols is 1. The Hall–Kier alpha value is -2.09. The van der Waals surface area contributed by atoms with Gasteiger partial charge in [0.15, 0.2) is 15.9 Å². The lowest BCUT2D eigenvalue weighted by Crippen LogP contribution is -2.42. The Balaban J connectivity index is 1.95. The SMILES string of the molecule is Cc1ccc(O)c(C(=O)O[C@@H](C)C(=O)N[C@@H]2CCS(=O)(=O)C2)c1. The van der Waals surface area contributed by atoms with Crippen molar-refractivity contribution in [1.29, 1.82) is 0 Å². The van der Waals surface area contributed by atoms with Crippen LogP contribution in [0.2, 0.25) is 0 Å². The molecule has 126 valence electrons. The molecule has 0 aromatic heterocycles. The number of ether oxygens (including phenoxy) is 1. The highest BCUT2D eigenvalue weighted by Crippen LogP contribution is 2.20. The van der Waals surface area contributed by atoms with Crippen molar-refractivity contribution in [2.45, 2.75) is 32.4 Å². The number of rotatable bonds is 4. The zero-order chi connectivity index (χ0) is 17.2. The normalized spacial score (nSPS) is 20.7. The summed E-state index contributed by atoms with van der Waals surface area (Å²) in [7, 11) is -3.10. The van der Waals surface area contributed by atoms with Crippen LogP contribution in [-0.2, 0) is 19.4 Å². The van der Waals surface area contributed by atoms with Gasteiger partial charge in [0.25, 0.3) is 5.91 Å². The Morgan fingerprint density at radius 1 is 1.39 bits per heavy atom. The molecule has 2 N–H and O–H groups in total. The van der Waals surface area contributed by atoms with E-state index in [1.165, 1.54) is 19.1 Å².